The maximum Gasteiger partial charge on any atom is 0.416 e. The van der Waals surface area contributed by atoms with Crippen molar-refractivity contribution in [1.82, 2.24) is 0 Å². The van der Waals surface area contributed by atoms with E-state index in [1.807, 2.05) is 20.8 Å². The summed E-state index contributed by atoms with van der Waals surface area (Å²) >= 11 is 3.37. The van der Waals surface area contributed by atoms with Crippen LogP contribution in [-0.4, -0.2) is 9.75 Å². The van der Waals surface area contributed by atoms with E-state index in [9.17, 15) is 23.3 Å². The van der Waals surface area contributed by atoms with E-state index < -0.39 is 22.4 Å². The fourth-order valence-corrected chi connectivity index (χ4v) is 3.19. The number of rotatable bonds is 4. The molecule has 112 valence electrons. The molecule has 0 aliphatic carbocycles. The van der Waals surface area contributed by atoms with Gasteiger partial charge in [0.1, 0.15) is 0 Å². The van der Waals surface area contributed by atoms with Crippen molar-refractivity contribution in [2.75, 3.05) is 0 Å². The average molecular weight is 354 g/mol. The van der Waals surface area contributed by atoms with E-state index >= 15 is 0 Å². The van der Waals surface area contributed by atoms with Gasteiger partial charge in [0.2, 0.25) is 0 Å². The highest BCUT2D eigenvalue weighted by Crippen LogP contribution is 2.40. The van der Waals surface area contributed by atoms with E-state index in [0.717, 1.165) is 6.07 Å². The molecule has 3 nitrogen and oxygen atoms in total. The Kier molecular flexibility index (Phi) is 5.18. The number of nitrogens with zero attached hydrogens (tertiary/aromatic N) is 1. The molecule has 0 amide bonds. The molecule has 0 bridgehead atoms. The first-order chi connectivity index (χ1) is 9.05. The average Bonchev–Trinajstić information content (AvgIpc) is 2.26. The number of benzene rings is 1. The summed E-state index contributed by atoms with van der Waals surface area (Å²) < 4.78 is 37.9. The maximum atomic E-state index is 12.6. The van der Waals surface area contributed by atoms with Gasteiger partial charge in [-0.3, -0.25) is 10.1 Å². The molecule has 0 aromatic heterocycles. The number of nitro benzene ring substituents is 1. The van der Waals surface area contributed by atoms with Crippen LogP contribution in [0.5, 0.6) is 0 Å². The van der Waals surface area contributed by atoms with Crippen molar-refractivity contribution in [3.8, 4) is 0 Å². The summed E-state index contributed by atoms with van der Waals surface area (Å²) in [6.07, 6.45) is -4.59. The van der Waals surface area contributed by atoms with Crippen LogP contribution in [-0.2, 0) is 6.18 Å². The van der Waals surface area contributed by atoms with Crippen molar-refractivity contribution in [3.63, 3.8) is 0 Å². The first kappa shape index (κ1) is 16.9. The monoisotopic (exact) mass is 353 g/mol. The molecular weight excluding hydrogens is 339 g/mol. The SMILES string of the molecule is CC(C)C(c1ccc(C(F)(F)F)cc1[N+](=O)[O-])C(C)Br. The molecule has 1 rings (SSSR count). The van der Waals surface area contributed by atoms with Crippen LogP contribution in [0, 0.1) is 16.0 Å². The Labute approximate surface area is 123 Å². The van der Waals surface area contributed by atoms with Gasteiger partial charge in [0.05, 0.1) is 10.5 Å². The van der Waals surface area contributed by atoms with Gasteiger partial charge in [0.15, 0.2) is 0 Å². The molecule has 0 N–H and O–H groups in total. The van der Waals surface area contributed by atoms with Gasteiger partial charge in [-0.1, -0.05) is 42.8 Å². The summed E-state index contributed by atoms with van der Waals surface area (Å²) in [5, 5.41) is 11.1. The fraction of sp³-hybridized carbons (Fsp3) is 0.538. The quantitative estimate of drug-likeness (QED) is 0.427. The molecule has 0 fully saturated rings. The Bertz CT molecular complexity index is 493. The molecule has 1 aromatic rings. The number of nitro groups is 1. The maximum absolute atomic E-state index is 12.6. The normalized spacial score (nSPS) is 15.2. The molecule has 0 radical (unpaired) electrons. The van der Waals surface area contributed by atoms with Crippen LogP contribution >= 0.6 is 15.9 Å². The summed E-state index contributed by atoms with van der Waals surface area (Å²) in [5.41, 5.74) is -1.16. The minimum Gasteiger partial charge on any atom is -0.258 e. The second-order valence-electron chi connectivity index (χ2n) is 4.98. The van der Waals surface area contributed by atoms with Crippen molar-refractivity contribution in [1.29, 1.82) is 0 Å². The third kappa shape index (κ3) is 3.71. The van der Waals surface area contributed by atoms with Crippen molar-refractivity contribution in [2.24, 2.45) is 5.92 Å². The molecular formula is C13H15BrF3NO2. The van der Waals surface area contributed by atoms with Crippen molar-refractivity contribution >= 4 is 21.6 Å². The number of alkyl halides is 4. The van der Waals surface area contributed by atoms with Gasteiger partial charge in [-0.2, -0.15) is 13.2 Å². The lowest BCUT2D eigenvalue weighted by Crippen LogP contribution is -2.18. The first-order valence-electron chi connectivity index (χ1n) is 6.05. The molecule has 2 atom stereocenters. The van der Waals surface area contributed by atoms with Crippen LogP contribution in [0.3, 0.4) is 0 Å². The van der Waals surface area contributed by atoms with E-state index in [1.165, 1.54) is 6.07 Å². The van der Waals surface area contributed by atoms with Crippen LogP contribution < -0.4 is 0 Å². The molecule has 0 saturated carbocycles. The first-order valence-corrected chi connectivity index (χ1v) is 6.97. The van der Waals surface area contributed by atoms with Crippen molar-refractivity contribution < 1.29 is 18.1 Å². The molecule has 20 heavy (non-hydrogen) atoms. The smallest absolute Gasteiger partial charge is 0.258 e. The third-order valence-corrected chi connectivity index (χ3v) is 3.70. The Morgan fingerprint density at radius 1 is 1.25 bits per heavy atom. The topological polar surface area (TPSA) is 43.1 Å². The standard InChI is InChI=1S/C13H15BrF3NO2/c1-7(2)12(8(3)14)10-5-4-9(13(15,16)17)6-11(10)18(19)20/h4-8,12H,1-3H3. The van der Waals surface area contributed by atoms with Crippen LogP contribution in [0.1, 0.15) is 37.8 Å². The zero-order chi connectivity index (χ0) is 15.7. The molecule has 0 saturated heterocycles. The van der Waals surface area contributed by atoms with Crippen LogP contribution in [0.25, 0.3) is 0 Å². The molecule has 1 aromatic carbocycles. The molecule has 0 aliphatic heterocycles. The Balaban J connectivity index is 3.44. The van der Waals surface area contributed by atoms with Gasteiger partial charge in [-0.05, 0) is 12.0 Å². The lowest BCUT2D eigenvalue weighted by atomic mass is 9.85. The van der Waals surface area contributed by atoms with Gasteiger partial charge in [-0.25, -0.2) is 0 Å². The van der Waals surface area contributed by atoms with Gasteiger partial charge >= 0.3 is 6.18 Å². The van der Waals surface area contributed by atoms with E-state index in [-0.39, 0.29) is 16.7 Å². The van der Waals surface area contributed by atoms with E-state index in [0.29, 0.717) is 11.6 Å². The number of hydrogen-bond donors (Lipinski definition) is 0. The fourth-order valence-electron chi connectivity index (χ4n) is 2.30. The minimum atomic E-state index is -4.59. The van der Waals surface area contributed by atoms with Crippen molar-refractivity contribution in [2.45, 2.75) is 37.7 Å². The lowest BCUT2D eigenvalue weighted by Gasteiger charge is -2.24. The summed E-state index contributed by atoms with van der Waals surface area (Å²) in [7, 11) is 0. The number of hydrogen-bond acceptors (Lipinski definition) is 2. The van der Waals surface area contributed by atoms with E-state index in [4.69, 9.17) is 0 Å². The Hall–Kier alpha value is -1.11. The number of halogens is 4. The molecule has 7 heteroatoms. The van der Waals surface area contributed by atoms with Crippen molar-refractivity contribution in [3.05, 3.63) is 39.4 Å². The second kappa shape index (κ2) is 6.11. The summed E-state index contributed by atoms with van der Waals surface area (Å²) in [4.78, 5) is 10.2. The van der Waals surface area contributed by atoms with Crippen LogP contribution in [0.2, 0.25) is 0 Å². The predicted molar refractivity (Wildman–Crippen MR) is 74.1 cm³/mol. The van der Waals surface area contributed by atoms with Crippen LogP contribution in [0.4, 0.5) is 18.9 Å². The van der Waals surface area contributed by atoms with Gasteiger partial charge < -0.3 is 0 Å². The predicted octanol–water partition coefficient (Wildman–Crippen LogP) is 5.14. The molecule has 0 heterocycles. The highest BCUT2D eigenvalue weighted by Gasteiger charge is 2.35. The minimum absolute atomic E-state index is 0.0554. The van der Waals surface area contributed by atoms with Crippen LogP contribution in [0.15, 0.2) is 18.2 Å². The lowest BCUT2D eigenvalue weighted by molar-refractivity contribution is -0.386. The summed E-state index contributed by atoms with van der Waals surface area (Å²) in [6.45, 7) is 5.58. The largest absolute Gasteiger partial charge is 0.416 e. The molecule has 2 unspecified atom stereocenters. The zero-order valence-corrected chi connectivity index (χ0v) is 12.8. The van der Waals surface area contributed by atoms with Gasteiger partial charge in [0.25, 0.3) is 5.69 Å². The summed E-state index contributed by atoms with van der Waals surface area (Å²) in [6, 6.07) is 2.72. The summed E-state index contributed by atoms with van der Waals surface area (Å²) in [5.74, 6) is -0.183. The second-order valence-corrected chi connectivity index (χ2v) is 6.42. The Morgan fingerprint density at radius 3 is 2.15 bits per heavy atom. The van der Waals surface area contributed by atoms with E-state index in [1.54, 1.807) is 0 Å². The highest BCUT2D eigenvalue weighted by atomic mass is 79.9. The molecule has 0 spiro atoms. The van der Waals surface area contributed by atoms with E-state index in [2.05, 4.69) is 15.9 Å². The highest BCUT2D eigenvalue weighted by molar-refractivity contribution is 9.09. The van der Waals surface area contributed by atoms with Gasteiger partial charge in [-0.15, -0.1) is 0 Å². The third-order valence-electron chi connectivity index (χ3n) is 3.13. The molecule has 0 aliphatic rings. The zero-order valence-electron chi connectivity index (χ0n) is 11.2. The van der Waals surface area contributed by atoms with Gasteiger partial charge in [0, 0.05) is 22.4 Å². The Morgan fingerprint density at radius 2 is 1.80 bits per heavy atom.